The molecule has 0 saturated carbocycles. The highest BCUT2D eigenvalue weighted by atomic mass is 16.5. The molecule has 138 valence electrons. The number of rotatable bonds is 8. The maximum absolute atomic E-state index is 12.5. The van der Waals surface area contributed by atoms with Gasteiger partial charge in [0, 0.05) is 32.7 Å². The highest BCUT2D eigenvalue weighted by Crippen LogP contribution is 2.18. The topological polar surface area (TPSA) is 87.2 Å². The molecule has 1 fully saturated rings. The highest BCUT2D eigenvalue weighted by molar-refractivity contribution is 5.81. The Morgan fingerprint density at radius 1 is 1.29 bits per heavy atom. The van der Waals surface area contributed by atoms with Crippen molar-refractivity contribution in [2.45, 2.75) is 65.0 Å². The molecule has 0 aromatic rings. The van der Waals surface area contributed by atoms with Crippen LogP contribution in [-0.4, -0.2) is 71.1 Å². The van der Waals surface area contributed by atoms with Gasteiger partial charge in [0.1, 0.15) is 12.6 Å². The number of carboxylic acid groups (broad SMARTS) is 1. The molecule has 1 aliphatic rings. The minimum absolute atomic E-state index is 0.0284. The van der Waals surface area contributed by atoms with Gasteiger partial charge in [-0.25, -0.2) is 0 Å². The van der Waals surface area contributed by atoms with E-state index in [2.05, 4.69) is 6.92 Å². The number of aliphatic carboxylic acids is 1. The molecule has 1 saturated heterocycles. The van der Waals surface area contributed by atoms with Crippen molar-refractivity contribution in [2.75, 3.05) is 26.2 Å². The van der Waals surface area contributed by atoms with Crippen molar-refractivity contribution in [3.63, 3.8) is 0 Å². The molecule has 0 aromatic carbocycles. The van der Waals surface area contributed by atoms with E-state index in [0.29, 0.717) is 32.5 Å². The number of ether oxygens (including phenoxy) is 1. The quantitative estimate of drug-likeness (QED) is 0.676. The summed E-state index contributed by atoms with van der Waals surface area (Å²) in [7, 11) is 0. The van der Waals surface area contributed by atoms with Gasteiger partial charge >= 0.3 is 5.97 Å². The summed E-state index contributed by atoms with van der Waals surface area (Å²) in [4.78, 5) is 38.3. The summed E-state index contributed by atoms with van der Waals surface area (Å²) >= 11 is 0. The molecule has 1 rings (SSSR count). The summed E-state index contributed by atoms with van der Waals surface area (Å²) in [5.74, 6) is -1.28. The minimum Gasteiger partial charge on any atom is -0.480 e. The first kappa shape index (κ1) is 20.4. The molecule has 2 unspecified atom stereocenters. The Morgan fingerprint density at radius 3 is 2.58 bits per heavy atom. The van der Waals surface area contributed by atoms with Gasteiger partial charge in [0.15, 0.2) is 0 Å². The Hall–Kier alpha value is -1.63. The van der Waals surface area contributed by atoms with Crippen LogP contribution in [0, 0.1) is 0 Å². The third-order valence-corrected chi connectivity index (χ3v) is 4.37. The van der Waals surface area contributed by atoms with E-state index in [0.717, 1.165) is 19.3 Å². The number of amides is 2. The average molecular weight is 342 g/mol. The summed E-state index contributed by atoms with van der Waals surface area (Å²) < 4.78 is 5.57. The van der Waals surface area contributed by atoms with E-state index >= 15 is 0 Å². The molecule has 7 nitrogen and oxygen atoms in total. The zero-order valence-corrected chi connectivity index (χ0v) is 15.0. The molecule has 7 heteroatoms. The fourth-order valence-corrected chi connectivity index (χ4v) is 2.99. The van der Waals surface area contributed by atoms with Crippen LogP contribution in [0.4, 0.5) is 0 Å². The largest absolute Gasteiger partial charge is 0.480 e. The van der Waals surface area contributed by atoms with Crippen LogP contribution in [0.15, 0.2) is 0 Å². The first-order valence-electron chi connectivity index (χ1n) is 8.76. The van der Waals surface area contributed by atoms with Crippen LogP contribution in [0.5, 0.6) is 0 Å². The molecule has 0 spiro atoms. The number of nitrogens with zero attached hydrogens (tertiary/aromatic N) is 2. The first-order chi connectivity index (χ1) is 11.4. The van der Waals surface area contributed by atoms with Crippen molar-refractivity contribution >= 4 is 17.8 Å². The molecular weight excluding hydrogens is 312 g/mol. The molecule has 1 aliphatic heterocycles. The van der Waals surface area contributed by atoms with Gasteiger partial charge in [-0.05, 0) is 32.6 Å². The maximum atomic E-state index is 12.5. The molecule has 0 radical (unpaired) electrons. The number of carbonyl (C=O) groups excluding carboxylic acids is 2. The summed E-state index contributed by atoms with van der Waals surface area (Å²) in [5.41, 5.74) is 0. The monoisotopic (exact) mass is 342 g/mol. The van der Waals surface area contributed by atoms with Crippen molar-refractivity contribution in [3.05, 3.63) is 0 Å². The second kappa shape index (κ2) is 10.3. The Balaban J connectivity index is 2.58. The minimum atomic E-state index is -1.01. The molecule has 2 amide bonds. The number of carbonyl (C=O) groups is 3. The molecule has 2 atom stereocenters. The van der Waals surface area contributed by atoms with Crippen molar-refractivity contribution in [2.24, 2.45) is 0 Å². The van der Waals surface area contributed by atoms with Crippen LogP contribution >= 0.6 is 0 Å². The van der Waals surface area contributed by atoms with Gasteiger partial charge in [-0.3, -0.25) is 14.4 Å². The molecule has 0 bridgehead atoms. The Bertz CT molecular complexity index is 441. The number of hydrogen-bond donors (Lipinski definition) is 1. The molecule has 1 heterocycles. The third kappa shape index (κ3) is 6.47. The first-order valence-corrected chi connectivity index (χ1v) is 8.76. The lowest BCUT2D eigenvalue weighted by Gasteiger charge is -2.29. The van der Waals surface area contributed by atoms with Gasteiger partial charge in [-0.2, -0.15) is 0 Å². The zero-order valence-electron chi connectivity index (χ0n) is 15.0. The molecule has 1 N–H and O–H groups in total. The second-order valence-corrected chi connectivity index (χ2v) is 6.32. The average Bonchev–Trinajstić information content (AvgIpc) is 2.77. The maximum Gasteiger partial charge on any atom is 0.323 e. The second-order valence-electron chi connectivity index (χ2n) is 6.32. The van der Waals surface area contributed by atoms with E-state index in [1.807, 2.05) is 0 Å². The van der Waals surface area contributed by atoms with Gasteiger partial charge in [0.2, 0.25) is 5.91 Å². The number of hydrogen-bond acceptors (Lipinski definition) is 4. The van der Waals surface area contributed by atoms with Crippen molar-refractivity contribution < 1.29 is 24.2 Å². The van der Waals surface area contributed by atoms with Crippen molar-refractivity contribution in [3.8, 4) is 0 Å². The number of likely N-dealkylation sites (tertiary alicyclic amines) is 1. The Labute approximate surface area is 143 Å². The Morgan fingerprint density at radius 2 is 2.00 bits per heavy atom. The van der Waals surface area contributed by atoms with Gasteiger partial charge in [-0.1, -0.05) is 13.3 Å². The zero-order chi connectivity index (χ0) is 18.1. The lowest BCUT2D eigenvalue weighted by atomic mass is 10.1. The van der Waals surface area contributed by atoms with E-state index in [1.54, 1.807) is 11.8 Å². The van der Waals surface area contributed by atoms with Gasteiger partial charge in [0.25, 0.3) is 5.91 Å². The molecular formula is C17H30N2O5. The predicted molar refractivity (Wildman–Crippen MR) is 89.6 cm³/mol. The summed E-state index contributed by atoms with van der Waals surface area (Å²) in [6.45, 7) is 6.67. The number of unbranched alkanes of at least 4 members (excludes halogenated alkanes) is 1. The Kier molecular flexibility index (Phi) is 8.74. The van der Waals surface area contributed by atoms with Crippen LogP contribution < -0.4 is 0 Å². The molecule has 24 heavy (non-hydrogen) atoms. The van der Waals surface area contributed by atoms with E-state index in [4.69, 9.17) is 9.84 Å². The third-order valence-electron chi connectivity index (χ3n) is 4.37. The van der Waals surface area contributed by atoms with Crippen LogP contribution in [0.25, 0.3) is 0 Å². The van der Waals surface area contributed by atoms with E-state index in [1.165, 1.54) is 11.8 Å². The van der Waals surface area contributed by atoms with Gasteiger partial charge in [-0.15, -0.1) is 0 Å². The fraction of sp³-hybridized carbons (Fsp3) is 0.824. The smallest absolute Gasteiger partial charge is 0.323 e. The fourth-order valence-electron chi connectivity index (χ4n) is 2.99. The van der Waals surface area contributed by atoms with Crippen LogP contribution in [0.3, 0.4) is 0 Å². The lowest BCUT2D eigenvalue weighted by molar-refractivity contribution is -0.145. The van der Waals surface area contributed by atoms with Crippen LogP contribution in [-0.2, 0) is 19.1 Å². The summed E-state index contributed by atoms with van der Waals surface area (Å²) in [6.07, 6.45) is 3.55. The van der Waals surface area contributed by atoms with E-state index in [9.17, 15) is 14.4 Å². The summed E-state index contributed by atoms with van der Waals surface area (Å²) in [5, 5.41) is 8.97. The van der Waals surface area contributed by atoms with Crippen molar-refractivity contribution in [1.29, 1.82) is 0 Å². The SMILES string of the molecule is CCCCOC(C)C(=O)N1CCCC(N(CC(=O)O)C(C)=O)CC1. The predicted octanol–water partition coefficient (Wildman–Crippen LogP) is 1.51. The molecule has 0 aliphatic carbocycles. The molecule has 0 aromatic heterocycles. The van der Waals surface area contributed by atoms with Gasteiger partial charge in [0.05, 0.1) is 0 Å². The highest BCUT2D eigenvalue weighted by Gasteiger charge is 2.29. The number of carboxylic acids is 1. The van der Waals surface area contributed by atoms with E-state index < -0.39 is 12.1 Å². The van der Waals surface area contributed by atoms with Crippen LogP contribution in [0.1, 0.15) is 52.9 Å². The lowest BCUT2D eigenvalue weighted by Crippen LogP contribution is -2.43. The summed E-state index contributed by atoms with van der Waals surface area (Å²) in [6, 6.07) is -0.132. The van der Waals surface area contributed by atoms with Crippen LogP contribution in [0.2, 0.25) is 0 Å². The van der Waals surface area contributed by atoms with Gasteiger partial charge < -0.3 is 19.6 Å². The van der Waals surface area contributed by atoms with E-state index in [-0.39, 0.29) is 24.4 Å². The standard InChI is InChI=1S/C17H30N2O5/c1-4-5-11-24-13(2)17(23)18-9-6-7-15(8-10-18)19(14(3)20)12-16(21)22/h13,15H,4-12H2,1-3H3,(H,21,22). The normalized spacial score (nSPS) is 19.5. The van der Waals surface area contributed by atoms with Crippen molar-refractivity contribution in [1.82, 2.24) is 9.80 Å².